The summed E-state index contributed by atoms with van der Waals surface area (Å²) in [6.45, 7) is 5.84. The van der Waals surface area contributed by atoms with Crippen LogP contribution in [0, 0.1) is 0 Å². The van der Waals surface area contributed by atoms with Gasteiger partial charge in [-0.1, -0.05) is 19.1 Å². The number of nitrogens with zero attached hydrogens (tertiary/aromatic N) is 1. The lowest BCUT2D eigenvalue weighted by atomic mass is 9.93. The van der Waals surface area contributed by atoms with Crippen LogP contribution in [-0.2, 0) is 0 Å². The topological polar surface area (TPSA) is 117 Å². The van der Waals surface area contributed by atoms with Crippen molar-refractivity contribution in [3.63, 3.8) is 0 Å². The number of carbonyl (C=O) groups excluding carboxylic acids is 1. The Morgan fingerprint density at radius 1 is 1.20 bits per heavy atom. The molecule has 0 fully saturated rings. The maximum Gasteiger partial charge on any atom is 0.262 e. The van der Waals surface area contributed by atoms with E-state index in [0.29, 0.717) is 16.6 Å². The minimum Gasteiger partial charge on any atom is -0.369 e. The highest BCUT2D eigenvalue weighted by Gasteiger charge is 2.17. The normalized spacial score (nSPS) is 12.5. The Morgan fingerprint density at radius 3 is 2.52 bits per heavy atom. The molecule has 7 nitrogen and oxygen atoms in total. The van der Waals surface area contributed by atoms with E-state index in [0.717, 1.165) is 11.1 Å². The molecule has 25 heavy (non-hydrogen) atoms. The van der Waals surface area contributed by atoms with Crippen LogP contribution >= 0.6 is 0 Å². The predicted octanol–water partition coefficient (Wildman–Crippen LogP) is 2.12. The molecular formula is C18H21N5O2. The third-order valence-corrected chi connectivity index (χ3v) is 4.15. The molecular weight excluding hydrogens is 318 g/mol. The zero-order valence-corrected chi connectivity index (χ0v) is 14.4. The molecule has 5 N–H and O–H groups in total. The quantitative estimate of drug-likeness (QED) is 0.582. The first kappa shape index (κ1) is 16.8. The fourth-order valence-corrected chi connectivity index (χ4v) is 2.87. The van der Waals surface area contributed by atoms with Crippen LogP contribution in [0.15, 0.2) is 35.3 Å². The van der Waals surface area contributed by atoms with Gasteiger partial charge in [0.1, 0.15) is 5.65 Å². The summed E-state index contributed by atoms with van der Waals surface area (Å²) in [6, 6.07) is 7.47. The number of hydrogen-bond acceptors (Lipinski definition) is 4. The molecule has 0 spiro atoms. The number of nitrogen functional groups attached to an aromatic ring is 1. The summed E-state index contributed by atoms with van der Waals surface area (Å²) < 4.78 is 0. The average Bonchev–Trinajstić information content (AvgIpc) is 2.97. The van der Waals surface area contributed by atoms with Gasteiger partial charge in [-0.25, -0.2) is 0 Å². The van der Waals surface area contributed by atoms with Gasteiger partial charge in [-0.05, 0) is 37.1 Å². The molecule has 0 radical (unpaired) electrons. The van der Waals surface area contributed by atoms with E-state index < -0.39 is 0 Å². The molecule has 1 amide bonds. The number of rotatable bonds is 4. The SMILES string of the molecule is CC(C)NC(=O)c1ccc(C(C)c2c[nH]c3nc(N)[nH]c(=O)c23)cc1. The standard InChI is InChI=1S/C18H21N5O2/c1-9(2)21-16(24)12-6-4-11(5-7-12)10(3)13-8-20-15-14(13)17(25)23-18(19)22-15/h4-10H,1-3H3,(H,21,24)(H4,19,20,22,23,25). The van der Waals surface area contributed by atoms with Crippen molar-refractivity contribution in [1.82, 2.24) is 20.3 Å². The van der Waals surface area contributed by atoms with Gasteiger partial charge in [-0.15, -0.1) is 0 Å². The second-order valence-electron chi connectivity index (χ2n) is 6.39. The number of benzene rings is 1. The van der Waals surface area contributed by atoms with Gasteiger partial charge in [-0.2, -0.15) is 4.98 Å². The number of hydrogen-bond donors (Lipinski definition) is 4. The van der Waals surface area contributed by atoms with Crippen LogP contribution in [0.1, 0.15) is 48.2 Å². The monoisotopic (exact) mass is 339 g/mol. The summed E-state index contributed by atoms with van der Waals surface area (Å²) in [6.07, 6.45) is 1.77. The molecule has 0 bridgehead atoms. The number of anilines is 1. The van der Waals surface area contributed by atoms with Crippen molar-refractivity contribution in [2.45, 2.75) is 32.7 Å². The Kier molecular flexibility index (Phi) is 4.31. The number of carbonyl (C=O) groups is 1. The zero-order chi connectivity index (χ0) is 18.1. The summed E-state index contributed by atoms with van der Waals surface area (Å²) in [5, 5.41) is 3.37. The number of aromatic nitrogens is 3. The van der Waals surface area contributed by atoms with Crippen LogP contribution in [0.4, 0.5) is 5.95 Å². The lowest BCUT2D eigenvalue weighted by Crippen LogP contribution is -2.30. The van der Waals surface area contributed by atoms with E-state index in [1.54, 1.807) is 18.3 Å². The molecule has 0 saturated heterocycles. The predicted molar refractivity (Wildman–Crippen MR) is 97.7 cm³/mol. The lowest BCUT2D eigenvalue weighted by molar-refractivity contribution is 0.0943. The third kappa shape index (κ3) is 3.26. The maximum atomic E-state index is 12.2. The van der Waals surface area contributed by atoms with E-state index in [2.05, 4.69) is 20.3 Å². The first-order valence-electron chi connectivity index (χ1n) is 8.14. The van der Waals surface area contributed by atoms with Gasteiger partial charge in [0.25, 0.3) is 11.5 Å². The largest absolute Gasteiger partial charge is 0.369 e. The van der Waals surface area contributed by atoms with Gasteiger partial charge >= 0.3 is 0 Å². The number of amides is 1. The number of fused-ring (bicyclic) bond motifs is 1. The van der Waals surface area contributed by atoms with Crippen molar-refractivity contribution in [3.8, 4) is 0 Å². The maximum absolute atomic E-state index is 12.2. The summed E-state index contributed by atoms with van der Waals surface area (Å²) in [5.41, 5.74) is 8.22. The molecule has 130 valence electrons. The Morgan fingerprint density at radius 2 is 1.88 bits per heavy atom. The van der Waals surface area contributed by atoms with Gasteiger partial charge in [0.15, 0.2) is 0 Å². The van der Waals surface area contributed by atoms with Crippen LogP contribution < -0.4 is 16.6 Å². The molecule has 1 atom stereocenters. The number of nitrogens with one attached hydrogen (secondary N) is 3. The second-order valence-corrected chi connectivity index (χ2v) is 6.39. The Balaban J connectivity index is 1.93. The Hall–Kier alpha value is -3.09. The fourth-order valence-electron chi connectivity index (χ4n) is 2.87. The highest BCUT2D eigenvalue weighted by atomic mass is 16.1. The van der Waals surface area contributed by atoms with Crippen LogP contribution in [0.2, 0.25) is 0 Å². The lowest BCUT2D eigenvalue weighted by Gasteiger charge is -2.13. The molecule has 1 unspecified atom stereocenters. The molecule has 2 aromatic heterocycles. The summed E-state index contributed by atoms with van der Waals surface area (Å²) in [7, 11) is 0. The highest BCUT2D eigenvalue weighted by Crippen LogP contribution is 2.28. The van der Waals surface area contributed by atoms with E-state index in [1.807, 2.05) is 32.9 Å². The second kappa shape index (κ2) is 6.43. The smallest absolute Gasteiger partial charge is 0.262 e. The van der Waals surface area contributed by atoms with E-state index in [4.69, 9.17) is 5.73 Å². The van der Waals surface area contributed by atoms with Crippen molar-refractivity contribution >= 4 is 22.9 Å². The highest BCUT2D eigenvalue weighted by molar-refractivity contribution is 5.94. The number of H-pyrrole nitrogens is 2. The Bertz CT molecular complexity index is 969. The fraction of sp³-hybridized carbons (Fsp3) is 0.278. The molecule has 0 aliphatic rings. The third-order valence-electron chi connectivity index (χ3n) is 4.15. The van der Waals surface area contributed by atoms with Crippen LogP contribution in [-0.4, -0.2) is 26.9 Å². The first-order valence-corrected chi connectivity index (χ1v) is 8.14. The summed E-state index contributed by atoms with van der Waals surface area (Å²) in [5.74, 6) is -0.0565. The molecule has 3 aromatic rings. The molecule has 1 aromatic carbocycles. The van der Waals surface area contributed by atoms with Crippen LogP contribution in [0.5, 0.6) is 0 Å². The number of aromatic amines is 2. The minimum absolute atomic E-state index is 0.0394. The van der Waals surface area contributed by atoms with Crippen molar-refractivity contribution in [1.29, 1.82) is 0 Å². The van der Waals surface area contributed by atoms with E-state index in [-0.39, 0.29) is 29.4 Å². The van der Waals surface area contributed by atoms with E-state index >= 15 is 0 Å². The average molecular weight is 339 g/mol. The van der Waals surface area contributed by atoms with Crippen LogP contribution in [0.25, 0.3) is 11.0 Å². The summed E-state index contributed by atoms with van der Waals surface area (Å²) in [4.78, 5) is 33.9. The molecule has 3 rings (SSSR count). The van der Waals surface area contributed by atoms with Crippen molar-refractivity contribution in [2.24, 2.45) is 0 Å². The molecule has 0 aliphatic heterocycles. The van der Waals surface area contributed by atoms with Gasteiger partial charge in [0, 0.05) is 23.7 Å². The van der Waals surface area contributed by atoms with Gasteiger partial charge in [-0.3, -0.25) is 14.6 Å². The van der Waals surface area contributed by atoms with Gasteiger partial charge in [0.05, 0.1) is 5.39 Å². The van der Waals surface area contributed by atoms with Gasteiger partial charge < -0.3 is 16.0 Å². The summed E-state index contributed by atoms with van der Waals surface area (Å²) >= 11 is 0. The molecule has 0 aliphatic carbocycles. The Labute approximate surface area is 144 Å². The zero-order valence-electron chi connectivity index (χ0n) is 14.4. The van der Waals surface area contributed by atoms with Crippen molar-refractivity contribution in [2.75, 3.05) is 5.73 Å². The molecule has 0 saturated carbocycles. The van der Waals surface area contributed by atoms with Gasteiger partial charge in [0.2, 0.25) is 5.95 Å². The molecule has 7 heteroatoms. The number of nitrogens with two attached hydrogens (primary N) is 1. The first-order chi connectivity index (χ1) is 11.9. The van der Waals surface area contributed by atoms with Crippen molar-refractivity contribution < 1.29 is 4.79 Å². The van der Waals surface area contributed by atoms with E-state index in [9.17, 15) is 9.59 Å². The molecule has 2 heterocycles. The van der Waals surface area contributed by atoms with Crippen molar-refractivity contribution in [3.05, 3.63) is 57.5 Å². The van der Waals surface area contributed by atoms with E-state index in [1.165, 1.54) is 0 Å². The minimum atomic E-state index is -0.265. The van der Waals surface area contributed by atoms with Crippen LogP contribution in [0.3, 0.4) is 0 Å².